The molecule has 2 atom stereocenters. The number of nitrogens with zero attached hydrogens (tertiary/aromatic N) is 2. The van der Waals surface area contributed by atoms with E-state index in [0.29, 0.717) is 19.0 Å². The van der Waals surface area contributed by atoms with Crippen LogP contribution in [0.4, 0.5) is 0 Å². The number of hydrogen-bond donors (Lipinski definition) is 1. The summed E-state index contributed by atoms with van der Waals surface area (Å²) in [6.45, 7) is 6.37. The lowest BCUT2D eigenvalue weighted by atomic mass is 10.0. The highest BCUT2D eigenvalue weighted by Crippen LogP contribution is 2.19. The number of hydrogen-bond acceptors (Lipinski definition) is 5. The molecule has 0 aromatic carbocycles. The second kappa shape index (κ2) is 7.75. The summed E-state index contributed by atoms with van der Waals surface area (Å²) < 4.78 is 23.9. The van der Waals surface area contributed by atoms with E-state index in [-0.39, 0.29) is 17.4 Å². The van der Waals surface area contributed by atoms with Crippen LogP contribution < -0.4 is 5.32 Å². The van der Waals surface area contributed by atoms with Gasteiger partial charge in [0.1, 0.15) is 6.04 Å². The smallest absolute Gasteiger partial charge is 0.240 e. The average Bonchev–Trinajstić information content (AvgIpc) is 2.78. The maximum atomic E-state index is 12.6. The van der Waals surface area contributed by atoms with Crippen LogP contribution in [0.3, 0.4) is 0 Å². The van der Waals surface area contributed by atoms with Crippen molar-refractivity contribution in [2.45, 2.75) is 32.2 Å². The first-order valence-electron chi connectivity index (χ1n) is 8.34. The van der Waals surface area contributed by atoms with E-state index in [4.69, 9.17) is 0 Å². The molecule has 0 spiro atoms. The Bertz CT molecular complexity index is 480. The van der Waals surface area contributed by atoms with E-state index in [1.54, 1.807) is 11.9 Å². The van der Waals surface area contributed by atoms with Crippen LogP contribution in [-0.2, 0) is 14.6 Å². The van der Waals surface area contributed by atoms with E-state index in [0.717, 1.165) is 26.1 Å². The Kier molecular flexibility index (Phi) is 6.23. The molecule has 1 amide bonds. The zero-order valence-electron chi connectivity index (χ0n) is 13.8. The van der Waals surface area contributed by atoms with Crippen molar-refractivity contribution in [2.75, 3.05) is 51.3 Å². The lowest BCUT2D eigenvalue weighted by Crippen LogP contribution is -2.48. The number of likely N-dealkylation sites (tertiary alicyclic amines) is 1. The Balaban J connectivity index is 2.04. The molecule has 6 nitrogen and oxygen atoms in total. The Morgan fingerprint density at radius 1 is 1.27 bits per heavy atom. The molecule has 1 N–H and O–H groups in total. The van der Waals surface area contributed by atoms with Crippen LogP contribution in [0.1, 0.15) is 26.2 Å². The first kappa shape index (κ1) is 17.7. The average molecular weight is 331 g/mol. The van der Waals surface area contributed by atoms with Crippen molar-refractivity contribution in [1.82, 2.24) is 15.1 Å². The largest absolute Gasteiger partial charge is 0.340 e. The number of nitrogens with one attached hydrogen (secondary N) is 1. The summed E-state index contributed by atoms with van der Waals surface area (Å²) in [6, 6.07) is -0.597. The minimum atomic E-state index is -3.15. The monoisotopic (exact) mass is 331 g/mol. The van der Waals surface area contributed by atoms with Crippen LogP contribution in [0.15, 0.2) is 0 Å². The number of sulfone groups is 1. The lowest BCUT2D eigenvalue weighted by molar-refractivity contribution is -0.133. The van der Waals surface area contributed by atoms with Gasteiger partial charge in [-0.05, 0) is 38.9 Å². The van der Waals surface area contributed by atoms with Crippen molar-refractivity contribution in [3.8, 4) is 0 Å². The molecule has 0 aromatic heterocycles. The minimum absolute atomic E-state index is 0.0594. The van der Waals surface area contributed by atoms with Crippen molar-refractivity contribution < 1.29 is 13.2 Å². The van der Waals surface area contributed by atoms with E-state index in [9.17, 15) is 13.2 Å². The predicted octanol–water partition coefficient (Wildman–Crippen LogP) is -0.0466. The Hall–Kier alpha value is -0.660. The van der Waals surface area contributed by atoms with Gasteiger partial charge >= 0.3 is 0 Å². The van der Waals surface area contributed by atoms with Crippen LogP contribution in [0.5, 0.6) is 0 Å². The molecule has 2 heterocycles. The molecule has 0 aromatic rings. The summed E-state index contributed by atoms with van der Waals surface area (Å²) in [5.41, 5.74) is 0. The molecule has 2 aliphatic rings. The summed E-state index contributed by atoms with van der Waals surface area (Å²) in [4.78, 5) is 16.8. The summed E-state index contributed by atoms with van der Waals surface area (Å²) in [7, 11) is -1.49. The molecular formula is C15H29N3O3S. The van der Waals surface area contributed by atoms with Gasteiger partial charge in [-0.3, -0.25) is 4.79 Å². The fraction of sp³-hybridized carbons (Fsp3) is 0.933. The zero-order chi connectivity index (χ0) is 16.2. The highest BCUT2D eigenvalue weighted by atomic mass is 32.2. The topological polar surface area (TPSA) is 69.7 Å². The second-order valence-corrected chi connectivity index (χ2v) is 8.72. The van der Waals surface area contributed by atoms with Gasteiger partial charge in [-0.2, -0.15) is 0 Å². The van der Waals surface area contributed by atoms with Crippen molar-refractivity contribution >= 4 is 15.7 Å². The maximum Gasteiger partial charge on any atom is 0.240 e. The van der Waals surface area contributed by atoms with Gasteiger partial charge < -0.3 is 15.1 Å². The van der Waals surface area contributed by atoms with Gasteiger partial charge in [-0.15, -0.1) is 0 Å². The summed E-state index contributed by atoms with van der Waals surface area (Å²) in [5.74, 6) is 0.395. The molecule has 0 radical (unpaired) electrons. The normalized spacial score (nSPS) is 30.8. The van der Waals surface area contributed by atoms with E-state index in [1.807, 2.05) is 0 Å². The number of carbonyl (C=O) groups excluding carboxylic acids is 1. The van der Waals surface area contributed by atoms with Gasteiger partial charge in [0.2, 0.25) is 5.91 Å². The van der Waals surface area contributed by atoms with Gasteiger partial charge in [0.25, 0.3) is 0 Å². The first-order chi connectivity index (χ1) is 10.4. The molecule has 2 fully saturated rings. The Labute approximate surface area is 134 Å². The predicted molar refractivity (Wildman–Crippen MR) is 87.5 cm³/mol. The van der Waals surface area contributed by atoms with Crippen LogP contribution >= 0.6 is 0 Å². The molecule has 0 aliphatic carbocycles. The maximum absolute atomic E-state index is 12.6. The van der Waals surface area contributed by atoms with Crippen molar-refractivity contribution in [3.63, 3.8) is 0 Å². The Morgan fingerprint density at radius 3 is 2.73 bits per heavy atom. The number of likely N-dealkylation sites (N-methyl/N-ethyl adjacent to an activating group) is 1. The zero-order valence-corrected chi connectivity index (χ0v) is 14.6. The molecule has 2 saturated heterocycles. The van der Waals surface area contributed by atoms with Gasteiger partial charge in [0, 0.05) is 19.6 Å². The third-order valence-corrected chi connectivity index (χ3v) is 6.48. The van der Waals surface area contributed by atoms with Crippen molar-refractivity contribution in [2.24, 2.45) is 5.92 Å². The number of rotatable bonds is 4. The molecule has 22 heavy (non-hydrogen) atoms. The molecule has 2 rings (SSSR count). The summed E-state index contributed by atoms with van der Waals surface area (Å²) in [6.07, 6.45) is 3.53. The molecule has 2 unspecified atom stereocenters. The van der Waals surface area contributed by atoms with Gasteiger partial charge in [0.05, 0.1) is 11.5 Å². The third kappa shape index (κ3) is 4.67. The van der Waals surface area contributed by atoms with Gasteiger partial charge in [-0.25, -0.2) is 8.42 Å². The third-order valence-electron chi connectivity index (χ3n) is 4.83. The van der Waals surface area contributed by atoms with Gasteiger partial charge in [-0.1, -0.05) is 13.3 Å². The van der Waals surface area contributed by atoms with Crippen LogP contribution in [0.25, 0.3) is 0 Å². The first-order valence-corrected chi connectivity index (χ1v) is 10.2. The molecular weight excluding hydrogens is 302 g/mol. The van der Waals surface area contributed by atoms with E-state index in [1.165, 1.54) is 12.8 Å². The van der Waals surface area contributed by atoms with E-state index >= 15 is 0 Å². The molecule has 2 aliphatic heterocycles. The quantitative estimate of drug-likeness (QED) is 0.782. The lowest BCUT2D eigenvalue weighted by Gasteiger charge is -2.29. The molecule has 0 saturated carbocycles. The SMILES string of the molecule is CCN1CCCCC(CN2CCS(=O)(=O)CC(NC)C2=O)C1. The Morgan fingerprint density at radius 2 is 2.05 bits per heavy atom. The summed E-state index contributed by atoms with van der Waals surface area (Å²) >= 11 is 0. The minimum Gasteiger partial charge on any atom is -0.340 e. The van der Waals surface area contributed by atoms with Crippen molar-refractivity contribution in [3.05, 3.63) is 0 Å². The van der Waals surface area contributed by atoms with Crippen molar-refractivity contribution in [1.29, 1.82) is 0 Å². The van der Waals surface area contributed by atoms with Crippen LogP contribution in [0, 0.1) is 5.92 Å². The molecule has 128 valence electrons. The van der Waals surface area contributed by atoms with Crippen LogP contribution in [-0.4, -0.2) is 81.4 Å². The van der Waals surface area contributed by atoms with Gasteiger partial charge in [0.15, 0.2) is 9.84 Å². The number of carbonyl (C=O) groups is 1. The fourth-order valence-corrected chi connectivity index (χ4v) is 4.92. The fourth-order valence-electron chi connectivity index (χ4n) is 3.44. The standard InChI is InChI=1S/C15H29N3O3S/c1-3-17-7-5-4-6-13(10-17)11-18-8-9-22(20,21)12-14(16-2)15(18)19/h13-14,16H,3-12H2,1-2H3. The second-order valence-electron chi connectivity index (χ2n) is 6.49. The van der Waals surface area contributed by atoms with Crippen LogP contribution in [0.2, 0.25) is 0 Å². The highest BCUT2D eigenvalue weighted by Gasteiger charge is 2.34. The van der Waals surface area contributed by atoms with E-state index in [2.05, 4.69) is 17.1 Å². The number of amides is 1. The highest BCUT2D eigenvalue weighted by molar-refractivity contribution is 7.91. The van der Waals surface area contributed by atoms with E-state index < -0.39 is 15.9 Å². The molecule has 0 bridgehead atoms. The summed E-state index contributed by atoms with van der Waals surface area (Å²) in [5, 5.41) is 2.87. The molecule has 7 heteroatoms.